The Balaban J connectivity index is 1.83. The molecule has 0 radical (unpaired) electrons. The summed E-state index contributed by atoms with van der Waals surface area (Å²) in [6.07, 6.45) is 3.53. The van der Waals surface area contributed by atoms with Gasteiger partial charge in [0.05, 0.1) is 5.92 Å². The van der Waals surface area contributed by atoms with Crippen LogP contribution < -0.4 is 5.32 Å². The standard InChI is InChI=1S/C13H18BrNO2S/c1-8(12-6-10(14)7-18-12)15-11-4-2-9(3-5-11)13(16)17/h6-9,11,15H,2-5H2,1H3,(H,16,17). The van der Waals surface area contributed by atoms with Gasteiger partial charge in [0.2, 0.25) is 0 Å². The molecule has 1 heterocycles. The number of hydrogen-bond acceptors (Lipinski definition) is 3. The number of thiophene rings is 1. The molecule has 3 nitrogen and oxygen atoms in total. The van der Waals surface area contributed by atoms with Gasteiger partial charge in [0, 0.05) is 26.8 Å². The zero-order valence-electron chi connectivity index (χ0n) is 10.4. The number of rotatable bonds is 4. The molecule has 1 saturated carbocycles. The third kappa shape index (κ3) is 3.56. The molecule has 0 aromatic carbocycles. The highest BCUT2D eigenvalue weighted by molar-refractivity contribution is 9.10. The van der Waals surface area contributed by atoms with E-state index in [1.165, 1.54) is 4.88 Å². The molecule has 100 valence electrons. The van der Waals surface area contributed by atoms with Gasteiger partial charge in [-0.2, -0.15) is 0 Å². The van der Waals surface area contributed by atoms with Gasteiger partial charge in [-0.05, 0) is 54.6 Å². The molecule has 1 fully saturated rings. The molecule has 0 bridgehead atoms. The van der Waals surface area contributed by atoms with Crippen LogP contribution in [-0.4, -0.2) is 17.1 Å². The summed E-state index contributed by atoms with van der Waals surface area (Å²) in [6.45, 7) is 2.17. The molecule has 1 aliphatic carbocycles. The minimum absolute atomic E-state index is 0.130. The van der Waals surface area contributed by atoms with Crippen molar-refractivity contribution in [3.05, 3.63) is 20.8 Å². The van der Waals surface area contributed by atoms with E-state index in [4.69, 9.17) is 5.11 Å². The molecule has 2 rings (SSSR count). The second-order valence-corrected chi connectivity index (χ2v) is 6.80. The average molecular weight is 332 g/mol. The fourth-order valence-corrected chi connectivity index (χ4v) is 3.96. The van der Waals surface area contributed by atoms with Crippen LogP contribution in [0.15, 0.2) is 15.9 Å². The summed E-state index contributed by atoms with van der Waals surface area (Å²) >= 11 is 5.21. The van der Waals surface area contributed by atoms with Gasteiger partial charge < -0.3 is 10.4 Å². The Labute approximate surface area is 120 Å². The van der Waals surface area contributed by atoms with Crippen molar-refractivity contribution in [2.24, 2.45) is 5.92 Å². The predicted molar refractivity (Wildman–Crippen MR) is 77.0 cm³/mol. The molecular weight excluding hydrogens is 314 g/mol. The van der Waals surface area contributed by atoms with Crippen molar-refractivity contribution in [1.82, 2.24) is 5.32 Å². The number of carboxylic acid groups (broad SMARTS) is 1. The van der Waals surface area contributed by atoms with Crippen LogP contribution in [-0.2, 0) is 4.79 Å². The van der Waals surface area contributed by atoms with Gasteiger partial charge in [-0.25, -0.2) is 0 Å². The van der Waals surface area contributed by atoms with E-state index >= 15 is 0 Å². The first-order valence-electron chi connectivity index (χ1n) is 6.29. The van der Waals surface area contributed by atoms with Gasteiger partial charge in [-0.15, -0.1) is 11.3 Å². The van der Waals surface area contributed by atoms with Crippen molar-refractivity contribution in [2.75, 3.05) is 0 Å². The van der Waals surface area contributed by atoms with Crippen molar-refractivity contribution in [3.63, 3.8) is 0 Å². The van der Waals surface area contributed by atoms with Gasteiger partial charge in [0.25, 0.3) is 0 Å². The van der Waals surface area contributed by atoms with E-state index in [2.05, 4.69) is 39.6 Å². The number of carbonyl (C=O) groups is 1. The maximum absolute atomic E-state index is 10.9. The van der Waals surface area contributed by atoms with Gasteiger partial charge in [-0.1, -0.05) is 0 Å². The van der Waals surface area contributed by atoms with E-state index < -0.39 is 5.97 Å². The van der Waals surface area contributed by atoms with Gasteiger partial charge >= 0.3 is 5.97 Å². The molecule has 5 heteroatoms. The maximum atomic E-state index is 10.9. The minimum atomic E-state index is -0.635. The molecule has 2 N–H and O–H groups in total. The molecule has 1 atom stereocenters. The Kier molecular flexibility index (Phi) is 4.81. The lowest BCUT2D eigenvalue weighted by Gasteiger charge is -2.29. The van der Waals surface area contributed by atoms with Crippen LogP contribution in [0.1, 0.15) is 43.5 Å². The Morgan fingerprint density at radius 3 is 2.67 bits per heavy atom. The van der Waals surface area contributed by atoms with Gasteiger partial charge in [-0.3, -0.25) is 4.79 Å². The topological polar surface area (TPSA) is 49.3 Å². The van der Waals surface area contributed by atoms with E-state index in [0.29, 0.717) is 12.1 Å². The van der Waals surface area contributed by atoms with Crippen molar-refractivity contribution in [2.45, 2.75) is 44.7 Å². The fourth-order valence-electron chi connectivity index (χ4n) is 2.50. The quantitative estimate of drug-likeness (QED) is 0.882. The summed E-state index contributed by atoms with van der Waals surface area (Å²) in [4.78, 5) is 12.2. The van der Waals surface area contributed by atoms with Crippen LogP contribution in [0.5, 0.6) is 0 Å². The lowest BCUT2D eigenvalue weighted by atomic mass is 9.86. The summed E-state index contributed by atoms with van der Waals surface area (Å²) in [7, 11) is 0. The van der Waals surface area contributed by atoms with E-state index in [-0.39, 0.29) is 5.92 Å². The fraction of sp³-hybridized carbons (Fsp3) is 0.615. The largest absolute Gasteiger partial charge is 0.481 e. The molecule has 0 aliphatic heterocycles. The average Bonchev–Trinajstić information content (AvgIpc) is 2.76. The summed E-state index contributed by atoms with van der Waals surface area (Å²) in [6, 6.07) is 2.94. The third-order valence-corrected chi connectivity index (χ3v) is 5.45. The van der Waals surface area contributed by atoms with E-state index in [1.807, 2.05) is 0 Å². The second-order valence-electron chi connectivity index (χ2n) is 4.94. The number of halogens is 1. The first kappa shape index (κ1) is 14.0. The van der Waals surface area contributed by atoms with E-state index in [1.54, 1.807) is 11.3 Å². The molecule has 0 spiro atoms. The lowest BCUT2D eigenvalue weighted by Crippen LogP contribution is -2.36. The number of aliphatic carboxylic acids is 1. The number of nitrogens with one attached hydrogen (secondary N) is 1. The summed E-state index contributed by atoms with van der Waals surface area (Å²) in [5.41, 5.74) is 0. The van der Waals surface area contributed by atoms with Crippen molar-refractivity contribution >= 4 is 33.2 Å². The molecule has 1 aromatic heterocycles. The Bertz CT molecular complexity index is 413. The zero-order chi connectivity index (χ0) is 13.1. The highest BCUT2D eigenvalue weighted by atomic mass is 79.9. The smallest absolute Gasteiger partial charge is 0.306 e. The molecule has 1 aliphatic rings. The molecule has 0 amide bonds. The van der Waals surface area contributed by atoms with Crippen LogP contribution in [0.3, 0.4) is 0 Å². The summed E-state index contributed by atoms with van der Waals surface area (Å²) < 4.78 is 1.13. The monoisotopic (exact) mass is 331 g/mol. The third-order valence-electron chi connectivity index (χ3n) is 3.58. The van der Waals surface area contributed by atoms with Crippen LogP contribution in [0.4, 0.5) is 0 Å². The molecule has 0 saturated heterocycles. The Hall–Kier alpha value is -0.390. The predicted octanol–water partition coefficient (Wildman–Crippen LogP) is 3.80. The molecule has 1 unspecified atom stereocenters. The Morgan fingerprint density at radius 2 is 2.17 bits per heavy atom. The summed E-state index contributed by atoms with van der Waals surface area (Å²) in [5, 5.41) is 14.7. The normalized spacial score (nSPS) is 25.9. The van der Waals surface area contributed by atoms with Crippen molar-refractivity contribution in [1.29, 1.82) is 0 Å². The van der Waals surface area contributed by atoms with Gasteiger partial charge in [0.15, 0.2) is 0 Å². The number of carboxylic acids is 1. The summed E-state index contributed by atoms with van der Waals surface area (Å²) in [5.74, 6) is -0.766. The van der Waals surface area contributed by atoms with Gasteiger partial charge in [0.1, 0.15) is 0 Å². The second kappa shape index (κ2) is 6.17. The van der Waals surface area contributed by atoms with E-state index in [0.717, 1.165) is 30.2 Å². The zero-order valence-corrected chi connectivity index (χ0v) is 12.8. The van der Waals surface area contributed by atoms with Crippen LogP contribution in [0.2, 0.25) is 0 Å². The van der Waals surface area contributed by atoms with Crippen molar-refractivity contribution in [3.8, 4) is 0 Å². The SMILES string of the molecule is CC(NC1CCC(C(=O)O)CC1)c1cc(Br)cs1. The highest BCUT2D eigenvalue weighted by Gasteiger charge is 2.26. The first-order valence-corrected chi connectivity index (χ1v) is 7.96. The van der Waals surface area contributed by atoms with Crippen molar-refractivity contribution < 1.29 is 9.90 Å². The van der Waals surface area contributed by atoms with Crippen LogP contribution >= 0.6 is 27.3 Å². The lowest BCUT2D eigenvalue weighted by molar-refractivity contribution is -0.142. The van der Waals surface area contributed by atoms with E-state index in [9.17, 15) is 4.79 Å². The minimum Gasteiger partial charge on any atom is -0.481 e. The molecule has 1 aromatic rings. The number of hydrogen-bond donors (Lipinski definition) is 2. The first-order chi connectivity index (χ1) is 8.56. The van der Waals surface area contributed by atoms with Crippen LogP contribution in [0.25, 0.3) is 0 Å². The molecule has 18 heavy (non-hydrogen) atoms. The Morgan fingerprint density at radius 1 is 1.50 bits per heavy atom. The molecular formula is C13H18BrNO2S. The van der Waals surface area contributed by atoms with Crippen LogP contribution in [0, 0.1) is 5.92 Å². The maximum Gasteiger partial charge on any atom is 0.306 e. The highest BCUT2D eigenvalue weighted by Crippen LogP contribution is 2.29.